The minimum absolute atomic E-state index is 0.0638. The van der Waals surface area contributed by atoms with Crippen molar-refractivity contribution >= 4 is 21.6 Å². The van der Waals surface area contributed by atoms with Gasteiger partial charge in [-0.3, -0.25) is 0 Å². The van der Waals surface area contributed by atoms with E-state index in [0.29, 0.717) is 15.9 Å². The van der Waals surface area contributed by atoms with Crippen molar-refractivity contribution in [3.8, 4) is 5.75 Å². The zero-order valence-electron chi connectivity index (χ0n) is 9.29. The highest BCUT2D eigenvalue weighted by Gasteiger charge is 2.07. The smallest absolute Gasteiger partial charge is 0.136 e. The van der Waals surface area contributed by atoms with E-state index in [1.165, 1.54) is 0 Å². The minimum atomic E-state index is -0.503. The lowest BCUT2D eigenvalue weighted by molar-refractivity contribution is 0.297. The van der Waals surface area contributed by atoms with E-state index in [1.807, 2.05) is 0 Å². The molecule has 0 aliphatic rings. The fourth-order valence-electron chi connectivity index (χ4n) is 1.44. The lowest BCUT2D eigenvalue weighted by Gasteiger charge is -2.09. The maximum Gasteiger partial charge on any atom is 0.136 e. The fourth-order valence-corrected chi connectivity index (χ4v) is 1.80. The molecule has 0 bridgehead atoms. The Balaban J connectivity index is 2.16. The predicted octanol–water partition coefficient (Wildman–Crippen LogP) is 3.89. The van der Waals surface area contributed by atoms with Crippen molar-refractivity contribution in [3.05, 3.63) is 58.1 Å². The average Bonchev–Trinajstić information content (AvgIpc) is 2.34. The topological polar surface area (TPSA) is 35.2 Å². The summed E-state index contributed by atoms with van der Waals surface area (Å²) in [5.41, 5.74) is 6.31. The van der Waals surface area contributed by atoms with Crippen molar-refractivity contribution < 1.29 is 13.5 Å². The predicted molar refractivity (Wildman–Crippen MR) is 69.2 cm³/mol. The normalized spacial score (nSPS) is 10.4. The van der Waals surface area contributed by atoms with Gasteiger partial charge in [0.2, 0.25) is 0 Å². The number of ether oxygens (including phenoxy) is 1. The number of halogens is 3. The molecule has 0 unspecified atom stereocenters. The highest BCUT2D eigenvalue weighted by atomic mass is 79.9. The number of rotatable bonds is 3. The Morgan fingerprint density at radius 2 is 1.89 bits per heavy atom. The van der Waals surface area contributed by atoms with E-state index in [4.69, 9.17) is 10.5 Å². The molecule has 2 nitrogen and oxygen atoms in total. The zero-order valence-corrected chi connectivity index (χ0v) is 10.9. The van der Waals surface area contributed by atoms with Crippen molar-refractivity contribution in [1.82, 2.24) is 0 Å². The molecule has 0 radical (unpaired) electrons. The number of anilines is 1. The molecular weight excluding hydrogens is 304 g/mol. The Labute approximate surface area is 112 Å². The van der Waals surface area contributed by atoms with Gasteiger partial charge in [-0.25, -0.2) is 8.78 Å². The first-order chi connectivity index (χ1) is 8.56. The first-order valence-corrected chi connectivity index (χ1v) is 5.97. The SMILES string of the molecule is Nc1ccc(Br)c(OCc2cc(F)ccc2F)c1. The van der Waals surface area contributed by atoms with Crippen molar-refractivity contribution in [2.75, 3.05) is 5.73 Å². The standard InChI is InChI=1S/C13H10BrF2NO/c14-11-3-2-10(17)6-13(11)18-7-8-5-9(15)1-4-12(8)16/h1-6H,7,17H2. The van der Waals surface area contributed by atoms with Crippen LogP contribution in [0, 0.1) is 11.6 Å². The minimum Gasteiger partial charge on any atom is -0.488 e. The van der Waals surface area contributed by atoms with E-state index < -0.39 is 11.6 Å². The van der Waals surface area contributed by atoms with Crippen LogP contribution in [0.1, 0.15) is 5.56 Å². The second-order valence-corrected chi connectivity index (χ2v) is 4.57. The summed E-state index contributed by atoms with van der Waals surface area (Å²) in [7, 11) is 0. The number of nitrogens with two attached hydrogens (primary N) is 1. The van der Waals surface area contributed by atoms with Gasteiger partial charge in [-0.15, -0.1) is 0 Å². The number of benzene rings is 2. The molecule has 94 valence electrons. The molecule has 0 heterocycles. The molecule has 0 amide bonds. The molecular formula is C13H10BrF2NO. The Hall–Kier alpha value is -1.62. The zero-order chi connectivity index (χ0) is 13.1. The molecule has 0 fully saturated rings. The van der Waals surface area contributed by atoms with Gasteiger partial charge in [0.1, 0.15) is 24.0 Å². The van der Waals surface area contributed by atoms with Crippen molar-refractivity contribution in [3.63, 3.8) is 0 Å². The van der Waals surface area contributed by atoms with E-state index in [-0.39, 0.29) is 12.2 Å². The van der Waals surface area contributed by atoms with Crippen LogP contribution in [0.25, 0.3) is 0 Å². The molecule has 0 aliphatic heterocycles. The molecule has 2 N–H and O–H groups in total. The van der Waals surface area contributed by atoms with Crippen LogP contribution in [0.5, 0.6) is 5.75 Å². The van der Waals surface area contributed by atoms with Gasteiger partial charge in [-0.05, 0) is 46.3 Å². The van der Waals surface area contributed by atoms with Crippen molar-refractivity contribution in [1.29, 1.82) is 0 Å². The van der Waals surface area contributed by atoms with Gasteiger partial charge in [0.15, 0.2) is 0 Å². The summed E-state index contributed by atoms with van der Waals surface area (Å²) in [6.45, 7) is -0.0638. The number of nitrogen functional groups attached to an aromatic ring is 1. The monoisotopic (exact) mass is 313 g/mol. The van der Waals surface area contributed by atoms with Crippen LogP contribution in [0.2, 0.25) is 0 Å². The van der Waals surface area contributed by atoms with Crippen LogP contribution in [-0.4, -0.2) is 0 Å². The lowest BCUT2D eigenvalue weighted by atomic mass is 10.2. The summed E-state index contributed by atoms with van der Waals surface area (Å²) in [5.74, 6) is -0.517. The Morgan fingerprint density at radius 1 is 1.11 bits per heavy atom. The third-order valence-corrected chi connectivity index (χ3v) is 3.00. The molecule has 2 aromatic rings. The summed E-state index contributed by atoms with van der Waals surface area (Å²) in [5, 5.41) is 0. The molecule has 2 rings (SSSR count). The van der Waals surface area contributed by atoms with E-state index in [9.17, 15) is 8.78 Å². The van der Waals surface area contributed by atoms with Crippen LogP contribution in [0.15, 0.2) is 40.9 Å². The highest BCUT2D eigenvalue weighted by Crippen LogP contribution is 2.28. The third-order valence-electron chi connectivity index (χ3n) is 2.35. The summed E-state index contributed by atoms with van der Waals surface area (Å²) < 4.78 is 32.4. The summed E-state index contributed by atoms with van der Waals surface area (Å²) in [4.78, 5) is 0. The van der Waals surface area contributed by atoms with Crippen LogP contribution in [0.3, 0.4) is 0 Å². The second-order valence-electron chi connectivity index (χ2n) is 3.71. The molecule has 18 heavy (non-hydrogen) atoms. The second kappa shape index (κ2) is 5.35. The molecule has 0 spiro atoms. The number of hydrogen-bond donors (Lipinski definition) is 1. The van der Waals surface area contributed by atoms with Crippen LogP contribution < -0.4 is 10.5 Å². The first kappa shape index (κ1) is 12.8. The quantitative estimate of drug-likeness (QED) is 0.873. The summed E-state index contributed by atoms with van der Waals surface area (Å²) >= 11 is 3.29. The highest BCUT2D eigenvalue weighted by molar-refractivity contribution is 9.10. The maximum atomic E-state index is 13.4. The molecule has 0 aromatic heterocycles. The summed E-state index contributed by atoms with van der Waals surface area (Å²) in [6, 6.07) is 8.29. The van der Waals surface area contributed by atoms with E-state index in [0.717, 1.165) is 18.2 Å². The van der Waals surface area contributed by atoms with Gasteiger partial charge in [-0.1, -0.05) is 0 Å². The summed E-state index contributed by atoms with van der Waals surface area (Å²) in [6.07, 6.45) is 0. The third kappa shape index (κ3) is 2.98. The van der Waals surface area contributed by atoms with Crippen LogP contribution in [-0.2, 0) is 6.61 Å². The number of hydrogen-bond acceptors (Lipinski definition) is 2. The van der Waals surface area contributed by atoms with Crippen LogP contribution >= 0.6 is 15.9 Å². The first-order valence-electron chi connectivity index (χ1n) is 5.18. The van der Waals surface area contributed by atoms with Gasteiger partial charge in [-0.2, -0.15) is 0 Å². The van der Waals surface area contributed by atoms with Gasteiger partial charge in [0.05, 0.1) is 4.47 Å². The largest absolute Gasteiger partial charge is 0.488 e. The Bertz CT molecular complexity index is 523. The van der Waals surface area contributed by atoms with Crippen LogP contribution in [0.4, 0.5) is 14.5 Å². The Kier molecular flexibility index (Phi) is 3.81. The average molecular weight is 314 g/mol. The molecule has 0 saturated carbocycles. The van der Waals surface area contributed by atoms with Gasteiger partial charge in [0.25, 0.3) is 0 Å². The van der Waals surface area contributed by atoms with E-state index in [1.54, 1.807) is 18.2 Å². The molecule has 0 aliphatic carbocycles. The molecule has 0 saturated heterocycles. The van der Waals surface area contributed by atoms with Gasteiger partial charge < -0.3 is 10.5 Å². The maximum absolute atomic E-state index is 13.4. The van der Waals surface area contributed by atoms with E-state index >= 15 is 0 Å². The van der Waals surface area contributed by atoms with E-state index in [2.05, 4.69) is 15.9 Å². The molecule has 5 heteroatoms. The molecule has 0 atom stereocenters. The molecule has 2 aromatic carbocycles. The van der Waals surface area contributed by atoms with Gasteiger partial charge in [0, 0.05) is 17.3 Å². The van der Waals surface area contributed by atoms with Crippen molar-refractivity contribution in [2.24, 2.45) is 0 Å². The lowest BCUT2D eigenvalue weighted by Crippen LogP contribution is -2.00. The van der Waals surface area contributed by atoms with Gasteiger partial charge >= 0.3 is 0 Å². The van der Waals surface area contributed by atoms with Crippen molar-refractivity contribution in [2.45, 2.75) is 6.61 Å². The Morgan fingerprint density at radius 3 is 2.67 bits per heavy atom. The fraction of sp³-hybridized carbons (Fsp3) is 0.0769.